The van der Waals surface area contributed by atoms with E-state index >= 15 is 0 Å². The molecule has 2 N–H and O–H groups in total. The first-order valence-electron chi connectivity index (χ1n) is 12.1. The molecule has 0 bridgehead atoms. The number of tetrazole rings is 1. The van der Waals surface area contributed by atoms with E-state index in [0.29, 0.717) is 42.4 Å². The molecule has 1 aliphatic carbocycles. The van der Waals surface area contributed by atoms with Crippen LogP contribution >= 0.6 is 0 Å². The molecule has 10 heteroatoms. The molecule has 4 aromatic rings. The molecule has 0 spiro atoms. The van der Waals surface area contributed by atoms with Gasteiger partial charge in [-0.2, -0.15) is 4.80 Å². The van der Waals surface area contributed by atoms with Gasteiger partial charge in [0.05, 0.1) is 12.3 Å². The van der Waals surface area contributed by atoms with Crippen LogP contribution < -0.4 is 5.32 Å². The summed E-state index contributed by atoms with van der Waals surface area (Å²) in [4.78, 5) is 23.9. The number of aryl methyl sites for hydroxylation is 1. The Balaban J connectivity index is 1.34. The predicted octanol–water partition coefficient (Wildman–Crippen LogP) is 2.24. The number of nitrogens with zero attached hydrogens (tertiary/aromatic N) is 7. The van der Waals surface area contributed by atoms with Crippen LogP contribution in [-0.2, 0) is 18.4 Å². The number of pyridine rings is 2. The molecule has 1 aliphatic rings. The number of imidazole rings is 1. The smallest absolute Gasteiger partial charge is 0.268 e. The number of carbonyl (C=O) groups excluding carboxylic acids is 1. The van der Waals surface area contributed by atoms with E-state index < -0.39 is 0 Å². The Morgan fingerprint density at radius 3 is 2.80 bits per heavy atom. The molecule has 0 unspecified atom stereocenters. The maximum absolute atomic E-state index is 13.3. The van der Waals surface area contributed by atoms with Crippen LogP contribution in [0.25, 0.3) is 5.65 Å². The zero-order valence-electron chi connectivity index (χ0n) is 19.9. The minimum atomic E-state index is -0.131. The molecule has 1 amide bonds. The van der Waals surface area contributed by atoms with Crippen molar-refractivity contribution in [1.29, 1.82) is 0 Å². The first-order chi connectivity index (χ1) is 17.1. The van der Waals surface area contributed by atoms with E-state index in [4.69, 9.17) is 5.11 Å². The third kappa shape index (κ3) is 4.93. The lowest BCUT2D eigenvalue weighted by atomic mass is 9.69. The van der Waals surface area contributed by atoms with Crippen LogP contribution in [0.1, 0.15) is 65.4 Å². The van der Waals surface area contributed by atoms with Gasteiger partial charge in [-0.05, 0) is 48.7 Å². The summed E-state index contributed by atoms with van der Waals surface area (Å²) >= 11 is 0. The molecule has 4 aromatic heterocycles. The highest BCUT2D eigenvalue weighted by Crippen LogP contribution is 2.38. The van der Waals surface area contributed by atoms with Gasteiger partial charge in [-0.15, -0.1) is 10.2 Å². The summed E-state index contributed by atoms with van der Waals surface area (Å²) in [7, 11) is 0. The van der Waals surface area contributed by atoms with Crippen molar-refractivity contribution in [2.75, 3.05) is 13.2 Å². The summed E-state index contributed by atoms with van der Waals surface area (Å²) in [6.07, 6.45) is 9.78. The number of hydrogen-bond acceptors (Lipinski definition) is 7. The van der Waals surface area contributed by atoms with Crippen LogP contribution in [0.15, 0.2) is 42.7 Å². The first-order valence-corrected chi connectivity index (χ1v) is 12.1. The van der Waals surface area contributed by atoms with E-state index in [1.807, 2.05) is 37.5 Å². The number of aliphatic hydroxyl groups is 1. The van der Waals surface area contributed by atoms with Crippen molar-refractivity contribution < 1.29 is 9.90 Å². The molecule has 10 nitrogen and oxygen atoms in total. The molecular formula is C25H30N8O2. The Labute approximate surface area is 203 Å². The lowest BCUT2D eigenvalue weighted by Gasteiger charge is -2.38. The monoisotopic (exact) mass is 474 g/mol. The van der Waals surface area contributed by atoms with Gasteiger partial charge in [-0.1, -0.05) is 31.4 Å². The predicted molar refractivity (Wildman–Crippen MR) is 129 cm³/mol. The number of aromatic nitrogens is 7. The molecule has 0 radical (unpaired) electrons. The average molecular weight is 475 g/mol. The lowest BCUT2D eigenvalue weighted by Crippen LogP contribution is -2.42. The van der Waals surface area contributed by atoms with E-state index in [-0.39, 0.29) is 17.9 Å². The summed E-state index contributed by atoms with van der Waals surface area (Å²) in [5, 5.41) is 24.4. The normalized spacial score (nSPS) is 15.4. The first kappa shape index (κ1) is 23.1. The van der Waals surface area contributed by atoms with Crippen LogP contribution in [0.5, 0.6) is 0 Å². The van der Waals surface area contributed by atoms with E-state index in [0.717, 1.165) is 31.4 Å². The highest BCUT2D eigenvalue weighted by molar-refractivity contribution is 5.93. The number of aliphatic hydroxyl groups excluding tert-OH is 1. The number of hydrogen-bond donors (Lipinski definition) is 2. The summed E-state index contributed by atoms with van der Waals surface area (Å²) in [6.45, 7) is 2.86. The lowest BCUT2D eigenvalue weighted by molar-refractivity contribution is 0.0930. The summed E-state index contributed by atoms with van der Waals surface area (Å²) < 4.78 is 1.80. The van der Waals surface area contributed by atoms with Gasteiger partial charge in [-0.3, -0.25) is 14.2 Å². The maximum atomic E-state index is 13.3. The minimum absolute atomic E-state index is 0.0275. The Morgan fingerprint density at radius 2 is 2.03 bits per heavy atom. The quantitative estimate of drug-likeness (QED) is 0.401. The van der Waals surface area contributed by atoms with Crippen molar-refractivity contribution in [1.82, 2.24) is 39.9 Å². The van der Waals surface area contributed by atoms with Gasteiger partial charge < -0.3 is 10.4 Å². The van der Waals surface area contributed by atoms with E-state index in [2.05, 4.69) is 42.8 Å². The number of amides is 1. The second-order valence-electron chi connectivity index (χ2n) is 9.29. The number of rotatable bonds is 8. The second-order valence-corrected chi connectivity index (χ2v) is 9.29. The van der Waals surface area contributed by atoms with E-state index in [1.165, 1.54) is 16.8 Å². The fourth-order valence-electron chi connectivity index (χ4n) is 4.93. The van der Waals surface area contributed by atoms with Crippen molar-refractivity contribution in [3.8, 4) is 0 Å². The zero-order chi connectivity index (χ0) is 24.3. The molecule has 4 heterocycles. The van der Waals surface area contributed by atoms with Gasteiger partial charge in [0.2, 0.25) is 0 Å². The Morgan fingerprint density at radius 1 is 1.17 bits per heavy atom. The Kier molecular flexibility index (Phi) is 6.54. The van der Waals surface area contributed by atoms with Crippen molar-refractivity contribution >= 4 is 11.6 Å². The molecule has 35 heavy (non-hydrogen) atoms. The highest BCUT2D eigenvalue weighted by Gasteiger charge is 2.34. The Hall–Kier alpha value is -3.66. The zero-order valence-corrected chi connectivity index (χ0v) is 19.9. The minimum Gasteiger partial charge on any atom is -0.396 e. The fraction of sp³-hybridized carbons (Fsp3) is 0.440. The van der Waals surface area contributed by atoms with Gasteiger partial charge in [0.15, 0.2) is 5.82 Å². The second kappa shape index (κ2) is 9.91. The molecule has 0 aromatic carbocycles. The molecule has 1 fully saturated rings. The van der Waals surface area contributed by atoms with Crippen molar-refractivity contribution in [3.05, 3.63) is 71.2 Å². The molecule has 0 aliphatic heterocycles. The number of nitrogens with one attached hydrogen (secondary N) is 1. The van der Waals surface area contributed by atoms with Crippen LogP contribution in [0.4, 0.5) is 0 Å². The summed E-state index contributed by atoms with van der Waals surface area (Å²) in [5.74, 6) is 0.352. The molecular weight excluding hydrogens is 444 g/mol. The average Bonchev–Trinajstić information content (AvgIpc) is 3.50. The van der Waals surface area contributed by atoms with Crippen LogP contribution in [0.2, 0.25) is 0 Å². The van der Waals surface area contributed by atoms with Crippen LogP contribution in [0.3, 0.4) is 0 Å². The van der Waals surface area contributed by atoms with Crippen molar-refractivity contribution in [2.24, 2.45) is 0 Å². The molecule has 182 valence electrons. The largest absolute Gasteiger partial charge is 0.396 e. The highest BCUT2D eigenvalue weighted by atomic mass is 16.3. The van der Waals surface area contributed by atoms with Gasteiger partial charge in [0.1, 0.15) is 17.9 Å². The van der Waals surface area contributed by atoms with Crippen molar-refractivity contribution in [2.45, 2.75) is 57.4 Å². The van der Waals surface area contributed by atoms with E-state index in [1.54, 1.807) is 4.40 Å². The fourth-order valence-corrected chi connectivity index (χ4v) is 4.93. The number of carbonyl (C=O) groups is 1. The molecule has 5 rings (SSSR count). The summed E-state index contributed by atoms with van der Waals surface area (Å²) in [5.41, 5.74) is 4.03. The number of fused-ring (bicyclic) bond motifs is 1. The molecule has 1 saturated carbocycles. The summed E-state index contributed by atoms with van der Waals surface area (Å²) in [6, 6.07) is 9.73. The van der Waals surface area contributed by atoms with Crippen LogP contribution in [0, 0.1) is 6.92 Å². The standard InChI is InChI=1S/C25H30N8O2/c1-18-8-9-19(14-26-18)25(11-3-2-4-12-25)17-27-24(35)21-6-5-7-23-28-20(15-32(21)23)16-33-30-22(10-13-34)29-31-33/h5-9,14-15,34H,2-4,10-13,16-17H2,1H3,(H,27,35). The SMILES string of the molecule is Cc1ccc(C2(CNC(=O)c3cccc4nc(Cn5nnc(CCO)n5)cn34)CCCCC2)cn1. The molecule has 0 atom stereocenters. The van der Waals surface area contributed by atoms with Crippen molar-refractivity contribution in [3.63, 3.8) is 0 Å². The van der Waals surface area contributed by atoms with Crippen LogP contribution in [-0.4, -0.2) is 58.7 Å². The van der Waals surface area contributed by atoms with Gasteiger partial charge in [-0.25, -0.2) is 4.98 Å². The van der Waals surface area contributed by atoms with Gasteiger partial charge in [0.25, 0.3) is 5.91 Å². The van der Waals surface area contributed by atoms with Gasteiger partial charge in [0, 0.05) is 36.5 Å². The van der Waals surface area contributed by atoms with Gasteiger partial charge >= 0.3 is 0 Å². The van der Waals surface area contributed by atoms with E-state index in [9.17, 15) is 4.79 Å². The third-order valence-corrected chi connectivity index (χ3v) is 6.83. The maximum Gasteiger partial charge on any atom is 0.268 e. The molecule has 0 saturated heterocycles. The third-order valence-electron chi connectivity index (χ3n) is 6.83. The Bertz CT molecular complexity index is 1300. The topological polar surface area (TPSA) is 123 Å².